The van der Waals surface area contributed by atoms with E-state index < -0.39 is 40.3 Å². The first-order chi connectivity index (χ1) is 13.3. The van der Waals surface area contributed by atoms with Crippen molar-refractivity contribution >= 4 is 46.0 Å². The van der Waals surface area contributed by atoms with E-state index in [1.54, 1.807) is 18.2 Å². The first-order valence-corrected chi connectivity index (χ1v) is 8.55. The molecule has 0 saturated heterocycles. The lowest BCUT2D eigenvalue weighted by molar-refractivity contribution is -0.151. The zero-order valence-corrected chi connectivity index (χ0v) is 15.7. The Morgan fingerprint density at radius 3 is 2.57 bits per heavy atom. The smallest absolute Gasteiger partial charge is 0.352 e. The molecule has 0 fully saturated rings. The maximum atomic E-state index is 14.4. The average molecular weight is 426 g/mol. The van der Waals surface area contributed by atoms with Gasteiger partial charge in [0.1, 0.15) is 10.8 Å². The molecule has 1 atom stereocenters. The molecule has 1 unspecified atom stereocenters. The number of pyridine rings is 1. The number of hydrogen-bond donors (Lipinski definition) is 0. The zero-order valence-electron chi connectivity index (χ0n) is 14.2. The summed E-state index contributed by atoms with van der Waals surface area (Å²) in [5.41, 5.74) is 0.0600. The van der Waals surface area contributed by atoms with Crippen LogP contribution in [0, 0.1) is 11.6 Å². The molecule has 0 radical (unpaired) electrons. The summed E-state index contributed by atoms with van der Waals surface area (Å²) in [5, 5.41) is 0.00515. The molecule has 0 bridgehead atoms. The highest BCUT2D eigenvalue weighted by Gasteiger charge is 2.31. The van der Waals surface area contributed by atoms with Gasteiger partial charge in [-0.25, -0.2) is 18.4 Å². The molecule has 28 heavy (non-hydrogen) atoms. The normalized spacial score (nSPS) is 11.9. The van der Waals surface area contributed by atoms with E-state index in [1.807, 2.05) is 0 Å². The summed E-state index contributed by atoms with van der Waals surface area (Å²) < 4.78 is 37.6. The summed E-state index contributed by atoms with van der Waals surface area (Å²) in [4.78, 5) is 28.9. The van der Waals surface area contributed by atoms with Crippen molar-refractivity contribution in [1.82, 2.24) is 4.98 Å². The molecule has 0 aliphatic rings. The average Bonchev–Trinajstić information content (AvgIpc) is 2.69. The van der Waals surface area contributed by atoms with Crippen LogP contribution in [-0.2, 0) is 14.3 Å². The first kappa shape index (κ1) is 20.0. The summed E-state index contributed by atoms with van der Waals surface area (Å²) in [5.74, 6) is -4.24. The van der Waals surface area contributed by atoms with Crippen LogP contribution < -0.4 is 0 Å². The van der Waals surface area contributed by atoms with Gasteiger partial charge in [0.05, 0.1) is 18.2 Å². The quantitative estimate of drug-likeness (QED) is 0.439. The van der Waals surface area contributed by atoms with Gasteiger partial charge in [0.25, 0.3) is 0 Å². The van der Waals surface area contributed by atoms with Gasteiger partial charge >= 0.3 is 11.9 Å². The van der Waals surface area contributed by atoms with E-state index in [9.17, 15) is 18.4 Å². The van der Waals surface area contributed by atoms with Crippen molar-refractivity contribution in [2.45, 2.75) is 6.10 Å². The molecule has 0 aliphatic carbocycles. The summed E-state index contributed by atoms with van der Waals surface area (Å²) in [6.45, 7) is 0. The fourth-order valence-electron chi connectivity index (χ4n) is 2.56. The van der Waals surface area contributed by atoms with Gasteiger partial charge in [-0.05, 0) is 30.3 Å². The van der Waals surface area contributed by atoms with Gasteiger partial charge in [0, 0.05) is 22.2 Å². The minimum Gasteiger partial charge on any atom is -0.466 e. The van der Waals surface area contributed by atoms with Crippen LogP contribution in [0.25, 0.3) is 10.9 Å². The lowest BCUT2D eigenvalue weighted by Gasteiger charge is -2.18. The Morgan fingerprint density at radius 2 is 1.86 bits per heavy atom. The highest BCUT2D eigenvalue weighted by Crippen LogP contribution is 2.30. The maximum Gasteiger partial charge on any atom is 0.352 e. The first-order valence-electron chi connectivity index (χ1n) is 7.80. The van der Waals surface area contributed by atoms with E-state index in [2.05, 4.69) is 9.72 Å². The van der Waals surface area contributed by atoms with Gasteiger partial charge in [-0.1, -0.05) is 29.3 Å². The number of halogens is 4. The molecule has 0 saturated carbocycles. The van der Waals surface area contributed by atoms with E-state index in [-0.39, 0.29) is 5.56 Å². The Labute approximate surface area is 167 Å². The van der Waals surface area contributed by atoms with Gasteiger partial charge in [-0.2, -0.15) is 0 Å². The van der Waals surface area contributed by atoms with Crippen LogP contribution in [-0.4, -0.2) is 24.0 Å². The van der Waals surface area contributed by atoms with Crippen LogP contribution in [0.1, 0.15) is 22.0 Å². The SMILES string of the molecule is COC(=O)C(OC(=O)c1ccnc2cc(Cl)ccc12)c1ccc(F)c(Cl)c1F. The van der Waals surface area contributed by atoms with Gasteiger partial charge in [0.2, 0.25) is 6.10 Å². The van der Waals surface area contributed by atoms with Crippen LogP contribution >= 0.6 is 23.2 Å². The lowest BCUT2D eigenvalue weighted by Crippen LogP contribution is -2.22. The topological polar surface area (TPSA) is 65.5 Å². The lowest BCUT2D eigenvalue weighted by atomic mass is 10.1. The Kier molecular flexibility index (Phi) is 5.76. The van der Waals surface area contributed by atoms with Crippen LogP contribution in [0.4, 0.5) is 8.78 Å². The molecular formula is C19H11Cl2F2NO4. The van der Waals surface area contributed by atoms with E-state index in [0.717, 1.165) is 19.2 Å². The highest BCUT2D eigenvalue weighted by molar-refractivity contribution is 6.31. The molecule has 5 nitrogen and oxygen atoms in total. The minimum absolute atomic E-state index is 0.0733. The number of nitrogens with zero attached hydrogens (tertiary/aromatic N) is 1. The molecule has 2 aromatic carbocycles. The van der Waals surface area contributed by atoms with Crippen LogP contribution in [0.2, 0.25) is 10.0 Å². The number of ether oxygens (including phenoxy) is 2. The number of benzene rings is 2. The van der Waals surface area contributed by atoms with Gasteiger partial charge in [0.15, 0.2) is 5.82 Å². The molecule has 3 rings (SSSR count). The second-order valence-electron chi connectivity index (χ2n) is 5.59. The molecule has 1 aromatic heterocycles. The van der Waals surface area contributed by atoms with Crippen LogP contribution in [0.15, 0.2) is 42.6 Å². The number of carbonyl (C=O) groups is 2. The summed E-state index contributed by atoms with van der Waals surface area (Å²) in [6.07, 6.45) is -0.427. The summed E-state index contributed by atoms with van der Waals surface area (Å²) in [6, 6.07) is 7.85. The number of methoxy groups -OCH3 is 1. The molecule has 1 heterocycles. The predicted octanol–water partition coefficient (Wildman–Crippen LogP) is 4.89. The molecule has 0 aliphatic heterocycles. The van der Waals surface area contributed by atoms with Gasteiger partial charge in [-0.15, -0.1) is 0 Å². The second-order valence-corrected chi connectivity index (χ2v) is 6.41. The number of fused-ring (bicyclic) bond motifs is 1. The standard InChI is InChI=1S/C19H11Cl2F2NO4/c1-27-19(26)17(12-4-5-13(22)15(21)16(12)23)28-18(25)11-6-7-24-14-8-9(20)2-3-10(11)14/h2-8,17H,1H3. The molecule has 0 N–H and O–H groups in total. The van der Waals surface area contributed by atoms with Crippen molar-refractivity contribution in [3.05, 3.63) is 75.4 Å². The van der Waals surface area contributed by atoms with Gasteiger partial charge in [-0.3, -0.25) is 4.98 Å². The largest absolute Gasteiger partial charge is 0.466 e. The molecule has 0 spiro atoms. The monoisotopic (exact) mass is 425 g/mol. The Hall–Kier alpha value is -2.77. The number of hydrogen-bond acceptors (Lipinski definition) is 5. The number of esters is 2. The van der Waals surface area contributed by atoms with Crippen molar-refractivity contribution in [2.75, 3.05) is 7.11 Å². The Balaban J connectivity index is 2.02. The molecule has 3 aromatic rings. The van der Waals surface area contributed by atoms with Crippen molar-refractivity contribution in [3.63, 3.8) is 0 Å². The van der Waals surface area contributed by atoms with Crippen molar-refractivity contribution < 1.29 is 27.8 Å². The van der Waals surface area contributed by atoms with Crippen LogP contribution in [0.5, 0.6) is 0 Å². The minimum atomic E-state index is -1.79. The van der Waals surface area contributed by atoms with Crippen molar-refractivity contribution in [3.8, 4) is 0 Å². The molecule has 9 heteroatoms. The van der Waals surface area contributed by atoms with E-state index in [0.29, 0.717) is 15.9 Å². The molecule has 0 amide bonds. The predicted molar refractivity (Wildman–Crippen MR) is 98.3 cm³/mol. The fourth-order valence-corrected chi connectivity index (χ4v) is 2.90. The van der Waals surface area contributed by atoms with Gasteiger partial charge < -0.3 is 9.47 Å². The van der Waals surface area contributed by atoms with Crippen LogP contribution in [0.3, 0.4) is 0 Å². The number of aromatic nitrogens is 1. The summed E-state index contributed by atoms with van der Waals surface area (Å²) in [7, 11) is 1.04. The highest BCUT2D eigenvalue weighted by atomic mass is 35.5. The fraction of sp³-hybridized carbons (Fsp3) is 0.105. The van der Waals surface area contributed by atoms with Crippen molar-refractivity contribution in [1.29, 1.82) is 0 Å². The third kappa shape index (κ3) is 3.76. The molecule has 144 valence electrons. The second kappa shape index (κ2) is 8.08. The van der Waals surface area contributed by atoms with Crippen molar-refractivity contribution in [2.24, 2.45) is 0 Å². The Bertz CT molecular complexity index is 1090. The Morgan fingerprint density at radius 1 is 1.11 bits per heavy atom. The van der Waals surface area contributed by atoms with E-state index in [4.69, 9.17) is 27.9 Å². The third-order valence-electron chi connectivity index (χ3n) is 3.91. The third-order valence-corrected chi connectivity index (χ3v) is 4.49. The maximum absolute atomic E-state index is 14.4. The van der Waals surface area contributed by atoms with E-state index in [1.165, 1.54) is 12.3 Å². The summed E-state index contributed by atoms with van der Waals surface area (Å²) >= 11 is 11.5. The zero-order chi connectivity index (χ0) is 20.4. The number of carbonyl (C=O) groups excluding carboxylic acids is 2. The van der Waals surface area contributed by atoms with E-state index >= 15 is 0 Å². The number of rotatable bonds is 4. The molecular weight excluding hydrogens is 415 g/mol.